The zero-order valence-corrected chi connectivity index (χ0v) is 12.4. The van der Waals surface area contributed by atoms with Crippen LogP contribution in [-0.2, 0) is 4.74 Å². The first-order valence-corrected chi connectivity index (χ1v) is 7.23. The van der Waals surface area contributed by atoms with Gasteiger partial charge in [0, 0.05) is 26.2 Å². The number of nitriles is 1. The lowest BCUT2D eigenvalue weighted by Gasteiger charge is -2.29. The average Bonchev–Trinajstić information content (AvgIpc) is 2.96. The van der Waals surface area contributed by atoms with E-state index in [1.54, 1.807) is 7.11 Å². The molecule has 1 fully saturated rings. The molecule has 1 unspecified atom stereocenters. The second-order valence-corrected chi connectivity index (χ2v) is 5.31. The van der Waals surface area contributed by atoms with E-state index in [-0.39, 0.29) is 0 Å². The maximum absolute atomic E-state index is 9.35. The predicted octanol–water partition coefficient (Wildman–Crippen LogP) is 2.07. The molecule has 1 N–H and O–H groups in total. The third kappa shape index (κ3) is 3.50. The monoisotopic (exact) mass is 273 g/mol. The molecule has 1 aromatic rings. The number of methoxy groups -OCH3 is 1. The Bertz CT molecular complexity index is 475. The van der Waals surface area contributed by atoms with Crippen molar-refractivity contribution in [1.29, 1.82) is 5.26 Å². The van der Waals surface area contributed by atoms with Crippen LogP contribution in [0.1, 0.15) is 24.0 Å². The molecule has 0 bridgehead atoms. The fourth-order valence-corrected chi connectivity index (χ4v) is 2.84. The van der Waals surface area contributed by atoms with Crippen molar-refractivity contribution in [2.75, 3.05) is 38.3 Å². The fraction of sp³-hybridized carbons (Fsp3) is 0.562. The van der Waals surface area contributed by atoms with Crippen molar-refractivity contribution in [3.63, 3.8) is 0 Å². The molecule has 1 aliphatic rings. The molecule has 0 saturated carbocycles. The number of hydrogen-bond donors (Lipinski definition) is 1. The summed E-state index contributed by atoms with van der Waals surface area (Å²) in [6.07, 6.45) is 2.44. The summed E-state index contributed by atoms with van der Waals surface area (Å²) in [5, 5.41) is 12.9. The lowest BCUT2D eigenvalue weighted by atomic mass is 10.1. The quantitative estimate of drug-likeness (QED) is 0.862. The molecular weight excluding hydrogens is 250 g/mol. The number of rotatable bonds is 6. The summed E-state index contributed by atoms with van der Waals surface area (Å²) in [7, 11) is 1.72. The highest BCUT2D eigenvalue weighted by Crippen LogP contribution is 2.25. The molecular formula is C16H23N3O. The summed E-state index contributed by atoms with van der Waals surface area (Å²) in [5.74, 6) is 0. The molecule has 2 rings (SSSR count). The topological polar surface area (TPSA) is 48.3 Å². The van der Waals surface area contributed by atoms with Gasteiger partial charge in [-0.1, -0.05) is 12.1 Å². The van der Waals surface area contributed by atoms with Crippen LogP contribution in [0.4, 0.5) is 5.69 Å². The van der Waals surface area contributed by atoms with Gasteiger partial charge in [0.15, 0.2) is 0 Å². The number of para-hydroxylation sites is 1. The molecule has 0 spiro atoms. The third-order valence-corrected chi connectivity index (χ3v) is 3.84. The van der Waals surface area contributed by atoms with Gasteiger partial charge in [-0.15, -0.1) is 0 Å². The van der Waals surface area contributed by atoms with E-state index in [0.29, 0.717) is 12.6 Å². The molecule has 4 nitrogen and oxygen atoms in total. The molecule has 20 heavy (non-hydrogen) atoms. The molecule has 4 heteroatoms. The smallest absolute Gasteiger partial charge is 0.101 e. The molecule has 1 atom stereocenters. The summed E-state index contributed by atoms with van der Waals surface area (Å²) in [6.45, 7) is 5.59. The number of ether oxygens (including phenoxy) is 1. The Balaban J connectivity index is 2.23. The summed E-state index contributed by atoms with van der Waals surface area (Å²) in [5.41, 5.74) is 2.96. The normalized spacial score (nSPS) is 17.9. The van der Waals surface area contributed by atoms with Crippen LogP contribution in [0, 0.1) is 18.3 Å². The first-order chi connectivity index (χ1) is 9.76. The zero-order chi connectivity index (χ0) is 14.4. The van der Waals surface area contributed by atoms with Crippen LogP contribution in [0.25, 0.3) is 0 Å². The summed E-state index contributed by atoms with van der Waals surface area (Å²) < 4.78 is 5.23. The van der Waals surface area contributed by atoms with Crippen LogP contribution in [-0.4, -0.2) is 39.4 Å². The van der Waals surface area contributed by atoms with Crippen LogP contribution >= 0.6 is 0 Å². The minimum Gasteiger partial charge on any atom is -0.383 e. The molecule has 108 valence electrons. The minimum absolute atomic E-state index is 0.512. The van der Waals surface area contributed by atoms with E-state index in [0.717, 1.165) is 36.4 Å². The Hall–Kier alpha value is -1.57. The Labute approximate surface area is 121 Å². The molecule has 1 aliphatic heterocycles. The Kier molecular flexibility index (Phi) is 5.40. The van der Waals surface area contributed by atoms with Gasteiger partial charge < -0.3 is 15.0 Å². The SMILES string of the molecule is COCCN(CC1CCCN1)c1c(C)cccc1C#N. The highest BCUT2D eigenvalue weighted by atomic mass is 16.5. The van der Waals surface area contributed by atoms with Gasteiger partial charge in [-0.2, -0.15) is 5.26 Å². The Morgan fingerprint density at radius 3 is 3.00 bits per heavy atom. The third-order valence-electron chi connectivity index (χ3n) is 3.84. The molecule has 1 heterocycles. The fourth-order valence-electron chi connectivity index (χ4n) is 2.84. The summed E-state index contributed by atoms with van der Waals surface area (Å²) in [6, 6.07) is 8.73. The Morgan fingerprint density at radius 2 is 2.35 bits per heavy atom. The lowest BCUT2D eigenvalue weighted by Crippen LogP contribution is -2.40. The van der Waals surface area contributed by atoms with Gasteiger partial charge >= 0.3 is 0 Å². The molecule has 0 amide bonds. The predicted molar refractivity (Wildman–Crippen MR) is 81.0 cm³/mol. The average molecular weight is 273 g/mol. The van der Waals surface area contributed by atoms with Gasteiger partial charge in [-0.3, -0.25) is 0 Å². The number of nitrogens with zero attached hydrogens (tertiary/aromatic N) is 2. The van der Waals surface area contributed by atoms with Gasteiger partial charge in [0.2, 0.25) is 0 Å². The first-order valence-electron chi connectivity index (χ1n) is 7.23. The van der Waals surface area contributed by atoms with E-state index < -0.39 is 0 Å². The highest BCUT2D eigenvalue weighted by molar-refractivity contribution is 5.64. The zero-order valence-electron chi connectivity index (χ0n) is 12.4. The van der Waals surface area contributed by atoms with E-state index >= 15 is 0 Å². The van der Waals surface area contributed by atoms with Crippen molar-refractivity contribution in [2.45, 2.75) is 25.8 Å². The first kappa shape index (κ1) is 14.8. The van der Waals surface area contributed by atoms with Gasteiger partial charge in [0.1, 0.15) is 6.07 Å². The Morgan fingerprint density at radius 1 is 1.50 bits per heavy atom. The van der Waals surface area contributed by atoms with Gasteiger partial charge in [-0.05, 0) is 37.9 Å². The molecule has 0 radical (unpaired) electrons. The second-order valence-electron chi connectivity index (χ2n) is 5.31. The number of hydrogen-bond acceptors (Lipinski definition) is 4. The summed E-state index contributed by atoms with van der Waals surface area (Å²) in [4.78, 5) is 2.29. The van der Waals surface area contributed by atoms with E-state index in [4.69, 9.17) is 4.74 Å². The molecule has 0 aliphatic carbocycles. The van der Waals surface area contributed by atoms with Gasteiger partial charge in [0.25, 0.3) is 0 Å². The van der Waals surface area contributed by atoms with Crippen LogP contribution in [0.5, 0.6) is 0 Å². The minimum atomic E-state index is 0.512. The van der Waals surface area contributed by atoms with Crippen molar-refractivity contribution in [3.8, 4) is 6.07 Å². The standard InChI is InChI=1S/C16H23N3O/c1-13-5-3-6-14(11-17)16(13)19(9-10-20-2)12-15-7-4-8-18-15/h3,5-6,15,18H,4,7-10,12H2,1-2H3. The van der Waals surface area contributed by atoms with Crippen LogP contribution in [0.2, 0.25) is 0 Å². The van der Waals surface area contributed by atoms with Crippen LogP contribution in [0.3, 0.4) is 0 Å². The van der Waals surface area contributed by atoms with Crippen LogP contribution < -0.4 is 10.2 Å². The maximum atomic E-state index is 9.35. The number of aryl methyl sites for hydroxylation is 1. The van der Waals surface area contributed by atoms with Crippen molar-refractivity contribution in [1.82, 2.24) is 5.32 Å². The van der Waals surface area contributed by atoms with Crippen molar-refractivity contribution >= 4 is 5.69 Å². The van der Waals surface area contributed by atoms with E-state index in [1.165, 1.54) is 12.8 Å². The number of benzene rings is 1. The van der Waals surface area contributed by atoms with E-state index in [1.807, 2.05) is 12.1 Å². The molecule has 1 aromatic carbocycles. The van der Waals surface area contributed by atoms with E-state index in [2.05, 4.69) is 29.3 Å². The van der Waals surface area contributed by atoms with Crippen LogP contribution in [0.15, 0.2) is 18.2 Å². The van der Waals surface area contributed by atoms with Crippen molar-refractivity contribution in [2.24, 2.45) is 0 Å². The highest BCUT2D eigenvalue weighted by Gasteiger charge is 2.20. The number of nitrogens with one attached hydrogen (secondary N) is 1. The largest absolute Gasteiger partial charge is 0.383 e. The van der Waals surface area contributed by atoms with Crippen molar-refractivity contribution in [3.05, 3.63) is 29.3 Å². The molecule has 1 saturated heterocycles. The molecule has 0 aromatic heterocycles. The van der Waals surface area contributed by atoms with Gasteiger partial charge in [0.05, 0.1) is 17.9 Å². The van der Waals surface area contributed by atoms with E-state index in [9.17, 15) is 5.26 Å². The second kappa shape index (κ2) is 7.28. The summed E-state index contributed by atoms with van der Waals surface area (Å²) >= 11 is 0. The lowest BCUT2D eigenvalue weighted by molar-refractivity contribution is 0.204. The number of anilines is 1. The maximum Gasteiger partial charge on any atom is 0.101 e. The van der Waals surface area contributed by atoms with Crippen molar-refractivity contribution < 1.29 is 4.74 Å². The van der Waals surface area contributed by atoms with Gasteiger partial charge in [-0.25, -0.2) is 0 Å².